The third kappa shape index (κ3) is 5.41. The number of rotatable bonds is 7. The van der Waals surface area contributed by atoms with E-state index < -0.39 is 0 Å². The van der Waals surface area contributed by atoms with Crippen LogP contribution in [0.3, 0.4) is 0 Å². The van der Waals surface area contributed by atoms with Crippen LogP contribution in [0, 0.1) is 0 Å². The summed E-state index contributed by atoms with van der Waals surface area (Å²) in [4.78, 5) is 48.3. The lowest BCUT2D eigenvalue weighted by molar-refractivity contribution is -0.121. The first-order valence-corrected chi connectivity index (χ1v) is 9.77. The average Bonchev–Trinajstić information content (AvgIpc) is 2.71. The Kier molecular flexibility index (Phi) is 6.61. The predicted molar refractivity (Wildman–Crippen MR) is 114 cm³/mol. The number of carbonyl (C=O) groups is 2. The van der Waals surface area contributed by atoms with Gasteiger partial charge < -0.3 is 10.6 Å². The van der Waals surface area contributed by atoms with Gasteiger partial charge in [0.05, 0.1) is 17.3 Å². The molecule has 2 aromatic carbocycles. The number of nitrogens with one attached hydrogen (secondary N) is 3. The SMILES string of the molecule is O=C(CCn1[nH]c(=O)c2ccccc2c1=O)NCCC(=O)Nc1ccc(Br)cc1. The van der Waals surface area contributed by atoms with Gasteiger partial charge >= 0.3 is 0 Å². The van der Waals surface area contributed by atoms with E-state index >= 15 is 0 Å². The summed E-state index contributed by atoms with van der Waals surface area (Å²) in [5.41, 5.74) is -0.0729. The molecular weight excluding hydrogens is 440 g/mol. The first-order chi connectivity index (χ1) is 13.9. The maximum absolute atomic E-state index is 12.4. The first-order valence-electron chi connectivity index (χ1n) is 8.98. The molecule has 0 unspecified atom stereocenters. The molecule has 0 aliphatic carbocycles. The molecule has 3 rings (SSSR count). The second kappa shape index (κ2) is 9.33. The number of halogens is 1. The normalized spacial score (nSPS) is 10.7. The number of H-pyrrole nitrogens is 1. The van der Waals surface area contributed by atoms with Gasteiger partial charge in [-0.05, 0) is 36.4 Å². The summed E-state index contributed by atoms with van der Waals surface area (Å²) < 4.78 is 2.04. The van der Waals surface area contributed by atoms with Crippen molar-refractivity contribution in [2.45, 2.75) is 19.4 Å². The van der Waals surface area contributed by atoms with Crippen LogP contribution in [0.5, 0.6) is 0 Å². The van der Waals surface area contributed by atoms with Gasteiger partial charge in [-0.15, -0.1) is 0 Å². The van der Waals surface area contributed by atoms with Crippen LogP contribution in [-0.2, 0) is 16.1 Å². The molecule has 0 atom stereocenters. The monoisotopic (exact) mass is 458 g/mol. The second-order valence-electron chi connectivity index (χ2n) is 6.35. The van der Waals surface area contributed by atoms with E-state index in [0.717, 1.165) is 9.15 Å². The van der Waals surface area contributed by atoms with Crippen molar-refractivity contribution < 1.29 is 9.59 Å². The Bertz CT molecular complexity index is 1150. The van der Waals surface area contributed by atoms with Crippen LogP contribution in [0.25, 0.3) is 10.8 Å². The number of fused-ring (bicyclic) bond motifs is 1. The van der Waals surface area contributed by atoms with E-state index in [0.29, 0.717) is 16.5 Å². The van der Waals surface area contributed by atoms with Crippen LogP contribution in [-0.4, -0.2) is 28.1 Å². The Morgan fingerprint density at radius 3 is 2.34 bits per heavy atom. The van der Waals surface area contributed by atoms with Crippen LogP contribution in [0.15, 0.2) is 62.6 Å². The number of amides is 2. The zero-order valence-corrected chi connectivity index (χ0v) is 17.0. The number of anilines is 1. The molecule has 0 spiro atoms. The van der Waals surface area contributed by atoms with Crippen molar-refractivity contribution in [1.82, 2.24) is 15.1 Å². The fourth-order valence-electron chi connectivity index (χ4n) is 2.78. The quantitative estimate of drug-likeness (QED) is 0.502. The molecule has 0 aliphatic heterocycles. The Morgan fingerprint density at radius 2 is 1.62 bits per heavy atom. The molecule has 8 nitrogen and oxygen atoms in total. The molecule has 9 heteroatoms. The number of hydrogen-bond donors (Lipinski definition) is 3. The molecule has 3 aromatic rings. The maximum Gasteiger partial charge on any atom is 0.273 e. The number of aromatic nitrogens is 2. The van der Waals surface area contributed by atoms with Crippen molar-refractivity contribution in [2.75, 3.05) is 11.9 Å². The zero-order valence-electron chi connectivity index (χ0n) is 15.4. The van der Waals surface area contributed by atoms with Gasteiger partial charge in [0.1, 0.15) is 0 Å². The van der Waals surface area contributed by atoms with Crippen LogP contribution < -0.4 is 21.8 Å². The molecule has 2 amide bonds. The summed E-state index contributed by atoms with van der Waals surface area (Å²) in [6.07, 6.45) is 0.122. The third-order valence-electron chi connectivity index (χ3n) is 4.25. The molecule has 3 N–H and O–H groups in total. The number of carbonyl (C=O) groups excluding carboxylic acids is 2. The van der Waals surface area contributed by atoms with E-state index in [9.17, 15) is 19.2 Å². The van der Waals surface area contributed by atoms with Gasteiger partial charge in [0.2, 0.25) is 11.8 Å². The van der Waals surface area contributed by atoms with Crippen LogP contribution in [0.2, 0.25) is 0 Å². The topological polar surface area (TPSA) is 113 Å². The molecule has 0 fully saturated rings. The lowest BCUT2D eigenvalue weighted by Crippen LogP contribution is -2.33. The molecule has 29 heavy (non-hydrogen) atoms. The number of benzene rings is 2. The van der Waals surface area contributed by atoms with Crippen LogP contribution in [0.4, 0.5) is 5.69 Å². The minimum atomic E-state index is -0.384. The van der Waals surface area contributed by atoms with Crippen molar-refractivity contribution in [1.29, 1.82) is 0 Å². The Morgan fingerprint density at radius 1 is 0.931 bits per heavy atom. The summed E-state index contributed by atoms with van der Waals surface area (Å²) in [5.74, 6) is -0.537. The molecule has 0 bridgehead atoms. The molecule has 0 saturated carbocycles. The highest BCUT2D eigenvalue weighted by Crippen LogP contribution is 2.14. The highest BCUT2D eigenvalue weighted by atomic mass is 79.9. The van der Waals surface area contributed by atoms with E-state index in [1.165, 1.54) is 0 Å². The van der Waals surface area contributed by atoms with Crippen LogP contribution >= 0.6 is 15.9 Å². The zero-order chi connectivity index (χ0) is 20.8. The summed E-state index contributed by atoms with van der Waals surface area (Å²) in [5, 5.41) is 8.47. The number of aromatic amines is 1. The Balaban J connectivity index is 1.48. The smallest absolute Gasteiger partial charge is 0.273 e. The van der Waals surface area contributed by atoms with E-state index in [-0.39, 0.29) is 48.9 Å². The van der Waals surface area contributed by atoms with Gasteiger partial charge in [0.25, 0.3) is 11.1 Å². The van der Waals surface area contributed by atoms with Gasteiger partial charge in [-0.2, -0.15) is 0 Å². The first kappa shape index (κ1) is 20.5. The minimum absolute atomic E-state index is 0.00250. The summed E-state index contributed by atoms with van der Waals surface area (Å²) in [6.45, 7) is 0.208. The standard InChI is InChI=1S/C20H19BrN4O4/c21-13-5-7-14(8-6-13)23-18(27)9-11-22-17(26)10-12-25-20(29)16-4-2-1-3-15(16)19(28)24-25/h1-8H,9-12H2,(H,22,26)(H,23,27)(H,24,28). The van der Waals surface area contributed by atoms with Gasteiger partial charge in [-0.25, -0.2) is 4.68 Å². The highest BCUT2D eigenvalue weighted by molar-refractivity contribution is 9.10. The molecule has 0 saturated heterocycles. The van der Waals surface area contributed by atoms with E-state index in [1.54, 1.807) is 36.4 Å². The third-order valence-corrected chi connectivity index (χ3v) is 4.78. The Hall–Kier alpha value is -3.20. The van der Waals surface area contributed by atoms with Crippen molar-refractivity contribution in [3.05, 3.63) is 73.7 Å². The summed E-state index contributed by atoms with van der Waals surface area (Å²) >= 11 is 3.32. The van der Waals surface area contributed by atoms with Gasteiger partial charge in [0, 0.05) is 29.5 Å². The van der Waals surface area contributed by atoms with Crippen molar-refractivity contribution in [2.24, 2.45) is 0 Å². The van der Waals surface area contributed by atoms with E-state index in [1.807, 2.05) is 12.1 Å². The van der Waals surface area contributed by atoms with Crippen molar-refractivity contribution >= 4 is 44.2 Å². The highest BCUT2D eigenvalue weighted by Gasteiger charge is 2.09. The average molecular weight is 459 g/mol. The Labute approximate surface area is 174 Å². The molecule has 1 aromatic heterocycles. The number of aryl methyl sites for hydroxylation is 1. The molecular formula is C20H19BrN4O4. The second-order valence-corrected chi connectivity index (χ2v) is 7.26. The minimum Gasteiger partial charge on any atom is -0.356 e. The van der Waals surface area contributed by atoms with Crippen molar-refractivity contribution in [3.8, 4) is 0 Å². The molecule has 1 heterocycles. The number of hydrogen-bond acceptors (Lipinski definition) is 4. The van der Waals surface area contributed by atoms with Gasteiger partial charge in [-0.3, -0.25) is 24.3 Å². The fourth-order valence-corrected chi connectivity index (χ4v) is 3.04. The van der Waals surface area contributed by atoms with E-state index in [2.05, 4.69) is 31.7 Å². The number of nitrogens with zero attached hydrogens (tertiary/aromatic N) is 1. The lowest BCUT2D eigenvalue weighted by atomic mass is 10.2. The van der Waals surface area contributed by atoms with Crippen molar-refractivity contribution in [3.63, 3.8) is 0 Å². The largest absolute Gasteiger partial charge is 0.356 e. The lowest BCUT2D eigenvalue weighted by Gasteiger charge is -2.09. The predicted octanol–water partition coefficient (Wildman–Crippen LogP) is 1.99. The maximum atomic E-state index is 12.4. The summed E-state index contributed by atoms with van der Waals surface area (Å²) in [6, 6.07) is 13.7. The van der Waals surface area contributed by atoms with Crippen LogP contribution in [0.1, 0.15) is 12.8 Å². The molecule has 150 valence electrons. The fraction of sp³-hybridized carbons (Fsp3) is 0.200. The molecule has 0 radical (unpaired) electrons. The van der Waals surface area contributed by atoms with E-state index in [4.69, 9.17) is 0 Å². The summed E-state index contributed by atoms with van der Waals surface area (Å²) in [7, 11) is 0. The van der Waals surface area contributed by atoms with Gasteiger partial charge in [0.15, 0.2) is 0 Å². The van der Waals surface area contributed by atoms with Gasteiger partial charge in [-0.1, -0.05) is 28.1 Å². The molecule has 0 aliphatic rings.